The van der Waals surface area contributed by atoms with Crippen LogP contribution in [-0.2, 0) is 0 Å². The van der Waals surface area contributed by atoms with Gasteiger partial charge in [-0.2, -0.15) is 5.26 Å². The first kappa shape index (κ1) is 15.9. The van der Waals surface area contributed by atoms with Crippen molar-refractivity contribution in [1.82, 2.24) is 4.90 Å². The first-order valence-corrected chi connectivity index (χ1v) is 8.05. The summed E-state index contributed by atoms with van der Waals surface area (Å²) >= 11 is 0. The highest BCUT2D eigenvalue weighted by molar-refractivity contribution is 5.42. The Morgan fingerprint density at radius 2 is 2.00 bits per heavy atom. The van der Waals surface area contributed by atoms with Crippen LogP contribution in [0.3, 0.4) is 0 Å². The van der Waals surface area contributed by atoms with Crippen LogP contribution in [0.2, 0.25) is 0 Å². The summed E-state index contributed by atoms with van der Waals surface area (Å²) in [5.41, 5.74) is 0.621. The first-order valence-electron chi connectivity index (χ1n) is 8.05. The number of nitriles is 1. The monoisotopic (exact) mass is 286 g/mol. The number of piperidine rings is 1. The highest BCUT2D eigenvalue weighted by Gasteiger charge is 2.20. The summed E-state index contributed by atoms with van der Waals surface area (Å²) in [7, 11) is 0. The van der Waals surface area contributed by atoms with Crippen LogP contribution >= 0.6 is 0 Å². The molecule has 0 amide bonds. The molecule has 2 rings (SSSR count). The summed E-state index contributed by atoms with van der Waals surface area (Å²) in [4.78, 5) is 2.54. The van der Waals surface area contributed by atoms with Crippen molar-refractivity contribution in [2.75, 3.05) is 26.2 Å². The molecule has 21 heavy (non-hydrogen) atoms. The van der Waals surface area contributed by atoms with E-state index < -0.39 is 0 Å². The van der Waals surface area contributed by atoms with Crippen LogP contribution < -0.4 is 4.74 Å². The minimum atomic E-state index is 0.621. The summed E-state index contributed by atoms with van der Waals surface area (Å²) < 4.78 is 5.73. The van der Waals surface area contributed by atoms with E-state index in [9.17, 15) is 0 Å². The maximum atomic E-state index is 9.01. The summed E-state index contributed by atoms with van der Waals surface area (Å²) in [5, 5.41) is 9.01. The quantitative estimate of drug-likeness (QED) is 0.748. The zero-order valence-electron chi connectivity index (χ0n) is 13.2. The first-order chi connectivity index (χ1) is 10.2. The topological polar surface area (TPSA) is 36.3 Å². The molecule has 0 spiro atoms. The lowest BCUT2D eigenvalue weighted by molar-refractivity contribution is 0.149. The Kier molecular flexibility index (Phi) is 6.07. The average molecular weight is 286 g/mol. The SMILES string of the molecule is CC(C)C1CCN(CCCOc2ccccc2C#N)CC1. The van der Waals surface area contributed by atoms with Crippen molar-refractivity contribution in [3.05, 3.63) is 29.8 Å². The van der Waals surface area contributed by atoms with E-state index in [2.05, 4.69) is 24.8 Å². The number of hydrogen-bond acceptors (Lipinski definition) is 3. The smallest absolute Gasteiger partial charge is 0.137 e. The largest absolute Gasteiger partial charge is 0.492 e. The molecule has 1 aromatic carbocycles. The number of likely N-dealkylation sites (tertiary alicyclic amines) is 1. The Bertz CT molecular complexity index is 470. The number of ether oxygens (including phenoxy) is 1. The predicted molar refractivity (Wildman–Crippen MR) is 85.3 cm³/mol. The zero-order chi connectivity index (χ0) is 15.1. The lowest BCUT2D eigenvalue weighted by Gasteiger charge is -2.33. The second-order valence-electron chi connectivity index (χ2n) is 6.23. The van der Waals surface area contributed by atoms with Gasteiger partial charge in [-0.05, 0) is 56.3 Å². The fourth-order valence-corrected chi connectivity index (χ4v) is 3.00. The van der Waals surface area contributed by atoms with Crippen molar-refractivity contribution in [3.63, 3.8) is 0 Å². The predicted octanol–water partition coefficient (Wildman–Crippen LogP) is 3.70. The van der Waals surface area contributed by atoms with Crippen LogP contribution in [0, 0.1) is 23.2 Å². The van der Waals surface area contributed by atoms with Crippen LogP contribution in [-0.4, -0.2) is 31.1 Å². The van der Waals surface area contributed by atoms with E-state index in [1.807, 2.05) is 18.2 Å². The maximum Gasteiger partial charge on any atom is 0.137 e. The molecule has 0 aromatic heterocycles. The van der Waals surface area contributed by atoms with E-state index >= 15 is 0 Å². The zero-order valence-corrected chi connectivity index (χ0v) is 13.2. The van der Waals surface area contributed by atoms with Crippen molar-refractivity contribution in [2.45, 2.75) is 33.1 Å². The van der Waals surface area contributed by atoms with Crippen molar-refractivity contribution in [2.24, 2.45) is 11.8 Å². The lowest BCUT2D eigenvalue weighted by Crippen LogP contribution is -2.36. The summed E-state index contributed by atoms with van der Waals surface area (Å²) in [6.45, 7) is 8.89. The van der Waals surface area contributed by atoms with Gasteiger partial charge in [-0.1, -0.05) is 26.0 Å². The maximum absolute atomic E-state index is 9.01. The molecular formula is C18H26N2O. The Labute approximate surface area is 128 Å². The molecule has 1 fully saturated rings. The Morgan fingerprint density at radius 1 is 1.29 bits per heavy atom. The number of nitrogens with zero attached hydrogens (tertiary/aromatic N) is 2. The average Bonchev–Trinajstić information content (AvgIpc) is 2.52. The summed E-state index contributed by atoms with van der Waals surface area (Å²) in [6, 6.07) is 9.61. The lowest BCUT2D eigenvalue weighted by atomic mass is 9.87. The van der Waals surface area contributed by atoms with Gasteiger partial charge in [0.1, 0.15) is 11.8 Å². The summed E-state index contributed by atoms with van der Waals surface area (Å²) in [6.07, 6.45) is 3.68. The highest BCUT2D eigenvalue weighted by Crippen LogP contribution is 2.24. The second kappa shape index (κ2) is 8.05. The van der Waals surface area contributed by atoms with E-state index in [-0.39, 0.29) is 0 Å². The fraction of sp³-hybridized carbons (Fsp3) is 0.611. The Balaban J connectivity index is 1.66. The van der Waals surface area contributed by atoms with E-state index in [4.69, 9.17) is 10.00 Å². The van der Waals surface area contributed by atoms with Gasteiger partial charge in [0, 0.05) is 6.54 Å². The number of hydrogen-bond donors (Lipinski definition) is 0. The van der Waals surface area contributed by atoms with Gasteiger partial charge in [0.15, 0.2) is 0 Å². The molecule has 0 unspecified atom stereocenters. The molecule has 0 N–H and O–H groups in total. The van der Waals surface area contributed by atoms with Crippen molar-refractivity contribution < 1.29 is 4.74 Å². The van der Waals surface area contributed by atoms with Gasteiger partial charge in [0.2, 0.25) is 0 Å². The minimum absolute atomic E-state index is 0.621. The third-order valence-corrected chi connectivity index (χ3v) is 4.46. The standard InChI is InChI=1S/C18H26N2O/c1-15(2)16-8-11-20(12-9-16)10-5-13-21-18-7-4-3-6-17(18)14-19/h3-4,6-7,15-16H,5,8-13H2,1-2H3. The van der Waals surface area contributed by atoms with E-state index in [0.717, 1.165) is 24.8 Å². The molecule has 1 aliphatic rings. The molecule has 1 heterocycles. The molecule has 0 radical (unpaired) electrons. The molecule has 0 atom stereocenters. The van der Waals surface area contributed by atoms with E-state index in [0.29, 0.717) is 17.9 Å². The molecule has 1 aromatic rings. The van der Waals surface area contributed by atoms with Crippen LogP contribution in [0.15, 0.2) is 24.3 Å². The van der Waals surface area contributed by atoms with Gasteiger partial charge < -0.3 is 9.64 Å². The van der Waals surface area contributed by atoms with Gasteiger partial charge in [-0.15, -0.1) is 0 Å². The second-order valence-corrected chi connectivity index (χ2v) is 6.23. The molecular weight excluding hydrogens is 260 g/mol. The van der Waals surface area contributed by atoms with Crippen LogP contribution in [0.5, 0.6) is 5.75 Å². The van der Waals surface area contributed by atoms with Gasteiger partial charge in [-0.25, -0.2) is 0 Å². The molecule has 0 bridgehead atoms. The molecule has 3 heteroatoms. The third-order valence-electron chi connectivity index (χ3n) is 4.46. The van der Waals surface area contributed by atoms with Crippen molar-refractivity contribution >= 4 is 0 Å². The summed E-state index contributed by atoms with van der Waals surface area (Å²) in [5.74, 6) is 2.43. The number of rotatable bonds is 6. The molecule has 0 saturated carbocycles. The molecule has 0 aliphatic carbocycles. The molecule has 3 nitrogen and oxygen atoms in total. The van der Waals surface area contributed by atoms with Gasteiger partial charge in [0.25, 0.3) is 0 Å². The van der Waals surface area contributed by atoms with Crippen molar-refractivity contribution in [1.29, 1.82) is 5.26 Å². The van der Waals surface area contributed by atoms with E-state index in [1.165, 1.54) is 25.9 Å². The molecule has 1 saturated heterocycles. The van der Waals surface area contributed by atoms with Crippen LogP contribution in [0.25, 0.3) is 0 Å². The van der Waals surface area contributed by atoms with Gasteiger partial charge >= 0.3 is 0 Å². The fourth-order valence-electron chi connectivity index (χ4n) is 3.00. The molecule has 114 valence electrons. The minimum Gasteiger partial charge on any atom is -0.492 e. The van der Waals surface area contributed by atoms with Gasteiger partial charge in [-0.3, -0.25) is 0 Å². The number of benzene rings is 1. The number of para-hydroxylation sites is 1. The highest BCUT2D eigenvalue weighted by atomic mass is 16.5. The molecule has 1 aliphatic heterocycles. The normalized spacial score (nSPS) is 16.9. The van der Waals surface area contributed by atoms with Crippen LogP contribution in [0.4, 0.5) is 0 Å². The van der Waals surface area contributed by atoms with Crippen LogP contribution in [0.1, 0.15) is 38.7 Å². The van der Waals surface area contributed by atoms with Gasteiger partial charge in [0.05, 0.1) is 12.2 Å². The van der Waals surface area contributed by atoms with Crippen molar-refractivity contribution in [3.8, 4) is 11.8 Å². The van der Waals surface area contributed by atoms with E-state index in [1.54, 1.807) is 6.07 Å². The Hall–Kier alpha value is -1.53. The Morgan fingerprint density at radius 3 is 2.67 bits per heavy atom. The third kappa shape index (κ3) is 4.75.